The largest absolute Gasteiger partial charge is 0.311 e. The Labute approximate surface area is 615 Å². The Morgan fingerprint density at radius 2 is 0.644 bits per heavy atom. The lowest BCUT2D eigenvalue weighted by molar-refractivity contribution is 0.590. The molecule has 2 aliphatic rings. The predicted octanol–water partition coefficient (Wildman–Crippen LogP) is 25.7. The van der Waals surface area contributed by atoms with Gasteiger partial charge in [-0.1, -0.05) is 320 Å². The number of rotatable bonds is 10. The Morgan fingerprint density at radius 3 is 1.15 bits per heavy atom. The van der Waals surface area contributed by atoms with Crippen molar-refractivity contribution in [3.63, 3.8) is 0 Å². The summed E-state index contributed by atoms with van der Waals surface area (Å²) in [4.78, 5) is 5.40. The van der Waals surface area contributed by atoms with Gasteiger partial charge in [0.2, 0.25) is 0 Å². The van der Waals surface area contributed by atoms with E-state index in [-0.39, 0.29) is 28.4 Å². The highest BCUT2D eigenvalue weighted by Crippen LogP contribution is 2.54. The normalized spacial score (nSPS) is 12.9. The summed E-state index contributed by atoms with van der Waals surface area (Å²) in [5.74, 6) is 0. The van der Waals surface area contributed by atoms with Crippen LogP contribution in [0.15, 0.2) is 315 Å². The van der Waals surface area contributed by atoms with Crippen LogP contribution in [0.4, 0.5) is 34.1 Å². The van der Waals surface area contributed by atoms with E-state index in [1.54, 1.807) is 0 Å². The second kappa shape index (κ2) is 25.2. The Hall–Kier alpha value is -11.5. The van der Waals surface area contributed by atoms with Crippen molar-refractivity contribution in [3.05, 3.63) is 338 Å². The molecule has 0 amide bonds. The topological polar surface area (TPSA) is 11.4 Å². The summed E-state index contributed by atoms with van der Waals surface area (Å²) in [6, 6.07) is 121. The van der Waals surface area contributed by atoms with Gasteiger partial charge in [-0.05, 0) is 206 Å². The second-order valence-corrected chi connectivity index (χ2v) is 33.0. The van der Waals surface area contributed by atoms with E-state index in [1.807, 2.05) is 0 Å². The van der Waals surface area contributed by atoms with Gasteiger partial charge >= 0.3 is 0 Å². The van der Waals surface area contributed by atoms with Crippen LogP contribution in [0, 0.1) is 0 Å². The zero-order valence-corrected chi connectivity index (χ0v) is 61.9. The molecule has 0 spiro atoms. The molecule has 17 rings (SSSR count). The number of aromatic nitrogens is 1. The summed E-state index contributed by atoms with van der Waals surface area (Å²) < 4.78 is 2.51. The van der Waals surface area contributed by atoms with Crippen molar-refractivity contribution in [1.29, 1.82) is 0 Å². The summed E-state index contributed by atoms with van der Waals surface area (Å²) in [6.45, 7) is 27.7. The van der Waals surface area contributed by atoms with E-state index in [2.05, 4.69) is 413 Å². The summed E-state index contributed by atoms with van der Waals surface area (Å²) in [7, 11) is 0. The molecule has 0 unspecified atom stereocenters. The number of anilines is 6. The van der Waals surface area contributed by atoms with E-state index in [4.69, 9.17) is 0 Å². The van der Waals surface area contributed by atoms with Gasteiger partial charge in [0.1, 0.15) is 0 Å². The maximum atomic E-state index is 2.73. The van der Waals surface area contributed by atoms with Crippen LogP contribution >= 0.6 is 0 Å². The van der Waals surface area contributed by atoms with Crippen LogP contribution in [0.3, 0.4) is 0 Å². The first kappa shape index (κ1) is 65.8. The third-order valence-electron chi connectivity index (χ3n) is 21.9. The summed E-state index contributed by atoms with van der Waals surface area (Å²) >= 11 is 0. The van der Waals surface area contributed by atoms with E-state index < -0.39 is 0 Å². The Morgan fingerprint density at radius 1 is 0.240 bits per heavy atom. The van der Waals surface area contributed by atoms with Crippen LogP contribution in [0.2, 0.25) is 0 Å². The van der Waals surface area contributed by atoms with Crippen molar-refractivity contribution in [2.45, 2.75) is 105 Å². The minimum atomic E-state index is -0.218. The molecular formula is C100H88BN3. The highest BCUT2D eigenvalue weighted by Gasteiger charge is 2.45. The number of fused-ring (bicyclic) bond motifs is 7. The molecule has 0 N–H and O–H groups in total. The van der Waals surface area contributed by atoms with Gasteiger partial charge < -0.3 is 14.4 Å². The van der Waals surface area contributed by atoms with E-state index in [9.17, 15) is 0 Å². The quantitative estimate of drug-likeness (QED) is 0.126. The lowest BCUT2D eigenvalue weighted by Gasteiger charge is -2.45. The third-order valence-corrected chi connectivity index (χ3v) is 21.9. The number of hydrogen-bond acceptors (Lipinski definition) is 2. The molecule has 0 saturated carbocycles. The Kier molecular flexibility index (Phi) is 16.0. The number of para-hydroxylation sites is 1. The van der Waals surface area contributed by atoms with E-state index in [0.29, 0.717) is 0 Å². The van der Waals surface area contributed by atoms with Crippen molar-refractivity contribution in [1.82, 2.24) is 4.57 Å². The molecule has 1 aromatic heterocycles. The lowest BCUT2D eigenvalue weighted by Crippen LogP contribution is -2.61. The summed E-state index contributed by atoms with van der Waals surface area (Å²) in [6.07, 6.45) is 0. The molecule has 0 atom stereocenters. The van der Waals surface area contributed by atoms with Crippen LogP contribution in [0.25, 0.3) is 105 Å². The molecule has 3 heterocycles. The lowest BCUT2D eigenvalue weighted by atomic mass is 9.33. The molecule has 0 saturated heterocycles. The maximum Gasteiger partial charge on any atom is 0.252 e. The van der Waals surface area contributed by atoms with E-state index in [1.165, 1.54) is 88.3 Å². The van der Waals surface area contributed by atoms with Crippen molar-refractivity contribution in [2.75, 3.05) is 9.80 Å². The van der Waals surface area contributed by atoms with E-state index in [0.717, 1.165) is 89.8 Å². The SMILES string of the molecule is CC(C)(C)c1cccc(-c2ccc3c(c2)N(c2cc(-c4ccccc4)cc(-c4ccccc4)c2)c2cc(-c4cccc5c4c4ccccc4n5-c4cccc(C(C)(C)C)c4)cc4c2B3c2ccc(-c3cccc(C(C)(C)C)c3)cc2N4c2c(-c3ccccc3)cc(C(C)(C)C)cc2-c2ccccc2)c1. The second-order valence-electron chi connectivity index (χ2n) is 33.0. The standard InChI is InChI=1S/C100H88BN3/c1-97(2,3)76-41-27-39-69(54-76)71-49-51-86-90(58-71)103(81-56-73(65-31-17-13-18-32-65)53-74(57-81)66-33-19-14-20-34-66)92-60-75(82-46-30-48-89-94(82)83-45-25-26-47-88(83)102(89)80-44-29-43-78(62-80)99(7,8)9)61-93-95(92)101(86)87-52-50-72(70-40-28-42-77(55-70)98(4,5)6)59-91(87)104(93)96-84(67-35-21-15-22-36-67)63-79(100(10,11)12)64-85(96)68-37-23-16-24-38-68/h13-64H,1-12H3. The number of benzene rings is 14. The van der Waals surface area contributed by atoms with Crippen LogP contribution in [-0.2, 0) is 21.7 Å². The molecule has 15 aromatic rings. The summed E-state index contributed by atoms with van der Waals surface area (Å²) in [5.41, 5.74) is 35.0. The van der Waals surface area contributed by atoms with Crippen LogP contribution in [-0.4, -0.2) is 11.3 Å². The fourth-order valence-electron chi connectivity index (χ4n) is 16.3. The van der Waals surface area contributed by atoms with Gasteiger partial charge in [-0.2, -0.15) is 0 Å². The average molecular weight is 1340 g/mol. The van der Waals surface area contributed by atoms with Crippen molar-refractivity contribution < 1.29 is 0 Å². The fourth-order valence-corrected chi connectivity index (χ4v) is 16.3. The monoisotopic (exact) mass is 1340 g/mol. The molecule has 0 radical (unpaired) electrons. The number of hydrogen-bond donors (Lipinski definition) is 0. The highest BCUT2D eigenvalue weighted by molar-refractivity contribution is 7.00. The van der Waals surface area contributed by atoms with Gasteiger partial charge in [0.05, 0.1) is 16.7 Å². The van der Waals surface area contributed by atoms with Crippen LogP contribution in [0.1, 0.15) is 105 Å². The van der Waals surface area contributed by atoms with Gasteiger partial charge in [-0.3, -0.25) is 0 Å². The maximum absolute atomic E-state index is 2.73. The highest BCUT2D eigenvalue weighted by atomic mass is 15.2. The molecular weight excluding hydrogens is 1250 g/mol. The molecule has 104 heavy (non-hydrogen) atoms. The van der Waals surface area contributed by atoms with Gasteiger partial charge in [0.25, 0.3) is 6.71 Å². The first-order valence-electron chi connectivity index (χ1n) is 37.1. The van der Waals surface area contributed by atoms with E-state index >= 15 is 0 Å². The molecule has 0 fully saturated rings. The predicted molar refractivity (Wildman–Crippen MR) is 448 cm³/mol. The van der Waals surface area contributed by atoms with Crippen molar-refractivity contribution in [2.24, 2.45) is 0 Å². The van der Waals surface area contributed by atoms with Crippen molar-refractivity contribution in [3.8, 4) is 83.6 Å². The van der Waals surface area contributed by atoms with Crippen molar-refractivity contribution >= 4 is 79.0 Å². The van der Waals surface area contributed by atoms with Gasteiger partial charge in [0.15, 0.2) is 0 Å². The molecule has 4 heteroatoms. The first-order valence-corrected chi connectivity index (χ1v) is 37.1. The van der Waals surface area contributed by atoms with Gasteiger partial charge in [-0.15, -0.1) is 0 Å². The third kappa shape index (κ3) is 11.7. The zero-order valence-electron chi connectivity index (χ0n) is 61.9. The fraction of sp³-hybridized carbons (Fsp3) is 0.160. The van der Waals surface area contributed by atoms with Gasteiger partial charge in [-0.25, -0.2) is 0 Å². The molecule has 506 valence electrons. The Balaban J connectivity index is 1.06. The summed E-state index contributed by atoms with van der Waals surface area (Å²) in [5, 5.41) is 2.41. The number of nitrogens with zero attached hydrogens (tertiary/aromatic N) is 3. The molecule has 0 aliphatic carbocycles. The zero-order chi connectivity index (χ0) is 71.6. The average Bonchev–Trinajstić information content (AvgIpc) is 0.694. The minimum absolute atomic E-state index is 0.0535. The molecule has 3 nitrogen and oxygen atoms in total. The molecule has 2 aliphatic heterocycles. The molecule has 14 aromatic carbocycles. The molecule has 0 bridgehead atoms. The Bertz CT molecular complexity index is 5720. The van der Waals surface area contributed by atoms with Crippen LogP contribution < -0.4 is 26.2 Å². The smallest absolute Gasteiger partial charge is 0.252 e. The minimum Gasteiger partial charge on any atom is -0.311 e. The first-order chi connectivity index (χ1) is 50.1. The van der Waals surface area contributed by atoms with Gasteiger partial charge in [0, 0.05) is 56.0 Å². The van der Waals surface area contributed by atoms with Crippen LogP contribution in [0.5, 0.6) is 0 Å².